The third kappa shape index (κ3) is 11.5. The van der Waals surface area contributed by atoms with Crippen LogP contribution >= 0.6 is 8.58 Å². The van der Waals surface area contributed by atoms with Gasteiger partial charge in [0.15, 0.2) is 5.52 Å². The molecule has 3 atom stereocenters. The van der Waals surface area contributed by atoms with Gasteiger partial charge in [0.05, 0.1) is 13.2 Å². The molecular formula is C35H56LiO3P. The van der Waals surface area contributed by atoms with Gasteiger partial charge in [-0.15, -0.1) is 0 Å². The summed E-state index contributed by atoms with van der Waals surface area (Å²) >= 11 is 0. The summed E-state index contributed by atoms with van der Waals surface area (Å²) in [4.78, 5) is 13.7. The number of benzene rings is 2. The van der Waals surface area contributed by atoms with Crippen LogP contribution in [0.5, 0.6) is 11.5 Å². The molecule has 0 saturated carbocycles. The van der Waals surface area contributed by atoms with E-state index < -0.39 is 0 Å². The van der Waals surface area contributed by atoms with Gasteiger partial charge in [0.1, 0.15) is 11.5 Å². The quantitative estimate of drug-likeness (QED) is 0.142. The van der Waals surface area contributed by atoms with E-state index in [1.165, 1.54) is 44.1 Å². The van der Waals surface area contributed by atoms with Crippen LogP contribution in [-0.2, 0) is 5.41 Å². The molecule has 0 heterocycles. The molecule has 0 spiro atoms. The number of hydrogen-bond acceptors (Lipinski definition) is 3. The fraction of sp³-hybridized carbons (Fsp3) is 0.629. The number of carbonyl (C=O) groups excluding carboxylic acids is 1. The van der Waals surface area contributed by atoms with Crippen LogP contribution in [0.1, 0.15) is 127 Å². The zero-order chi connectivity index (χ0) is 29.0. The van der Waals surface area contributed by atoms with E-state index in [0.717, 1.165) is 52.9 Å². The zero-order valence-corrected chi connectivity index (χ0v) is 27.3. The Kier molecular flexibility index (Phi) is 16.8. The first-order valence-corrected chi connectivity index (χ1v) is 16.4. The van der Waals surface area contributed by atoms with Crippen molar-refractivity contribution in [3.05, 3.63) is 52.6 Å². The molecule has 0 aliphatic rings. The second kappa shape index (κ2) is 18.3. The van der Waals surface area contributed by atoms with Gasteiger partial charge < -0.3 is 9.47 Å². The fourth-order valence-electron chi connectivity index (χ4n) is 4.97. The third-order valence-corrected chi connectivity index (χ3v) is 9.03. The predicted octanol–water partition coefficient (Wildman–Crippen LogP) is 9.29. The second-order valence-electron chi connectivity index (χ2n) is 12.3. The summed E-state index contributed by atoms with van der Waals surface area (Å²) in [6, 6.07) is 10.5. The van der Waals surface area contributed by atoms with Crippen LogP contribution in [0.15, 0.2) is 30.3 Å². The number of carbonyl (C=O) groups is 1. The van der Waals surface area contributed by atoms with Gasteiger partial charge in [0.2, 0.25) is 0 Å². The van der Waals surface area contributed by atoms with Crippen molar-refractivity contribution in [3.8, 4) is 11.5 Å². The monoisotopic (exact) mass is 562 g/mol. The summed E-state index contributed by atoms with van der Waals surface area (Å²) < 4.78 is 12.7. The summed E-state index contributed by atoms with van der Waals surface area (Å²) in [5.41, 5.74) is 4.46. The molecule has 0 N–H and O–H groups in total. The number of hydrogen-bond donors (Lipinski definition) is 0. The number of rotatable bonds is 17. The molecule has 2 rings (SSSR count). The molecule has 5 heteroatoms. The van der Waals surface area contributed by atoms with Crippen molar-refractivity contribution in [1.82, 2.24) is 0 Å². The molecule has 2 aromatic rings. The second-order valence-corrected chi connectivity index (χ2v) is 13.5. The van der Waals surface area contributed by atoms with Gasteiger partial charge >= 0.3 is 18.9 Å². The molecule has 0 radical (unpaired) electrons. The Balaban J connectivity index is 0.00000800. The zero-order valence-electron chi connectivity index (χ0n) is 26.3. The van der Waals surface area contributed by atoms with Crippen molar-refractivity contribution in [2.45, 2.75) is 119 Å². The van der Waals surface area contributed by atoms with Crippen LogP contribution in [0, 0.1) is 25.7 Å². The summed E-state index contributed by atoms with van der Waals surface area (Å²) in [7, 11) is 0.0101. The van der Waals surface area contributed by atoms with E-state index >= 15 is 0 Å². The average Bonchev–Trinajstić information content (AvgIpc) is 2.89. The first-order valence-electron chi connectivity index (χ1n) is 15.4. The van der Waals surface area contributed by atoms with Gasteiger partial charge in [-0.3, -0.25) is 4.79 Å². The van der Waals surface area contributed by atoms with Crippen molar-refractivity contribution in [2.24, 2.45) is 11.8 Å². The van der Waals surface area contributed by atoms with Gasteiger partial charge in [-0.2, -0.15) is 0 Å². The van der Waals surface area contributed by atoms with Crippen molar-refractivity contribution in [3.63, 3.8) is 0 Å². The minimum absolute atomic E-state index is 0. The maximum atomic E-state index is 13.7. The Morgan fingerprint density at radius 2 is 1.35 bits per heavy atom. The van der Waals surface area contributed by atoms with Crippen molar-refractivity contribution in [2.75, 3.05) is 13.2 Å². The van der Waals surface area contributed by atoms with E-state index in [0.29, 0.717) is 18.4 Å². The van der Waals surface area contributed by atoms with Gasteiger partial charge in [-0.1, -0.05) is 99.1 Å². The molecule has 220 valence electrons. The molecular weight excluding hydrogens is 506 g/mol. The molecule has 0 aliphatic carbocycles. The molecule has 0 bridgehead atoms. The predicted molar refractivity (Wildman–Crippen MR) is 178 cm³/mol. The fourth-order valence-corrected chi connectivity index (χ4v) is 6.17. The van der Waals surface area contributed by atoms with E-state index in [4.69, 9.17) is 9.47 Å². The van der Waals surface area contributed by atoms with E-state index in [-0.39, 0.29) is 38.4 Å². The third-order valence-electron chi connectivity index (χ3n) is 7.87. The Morgan fingerprint density at radius 3 is 1.82 bits per heavy atom. The molecule has 0 amide bonds. The van der Waals surface area contributed by atoms with Gasteiger partial charge in [0, 0.05) is 16.9 Å². The summed E-state index contributed by atoms with van der Waals surface area (Å²) in [5.74, 6) is 2.73. The topological polar surface area (TPSA) is 35.5 Å². The van der Waals surface area contributed by atoms with Crippen LogP contribution in [0.3, 0.4) is 0 Å². The molecule has 0 aliphatic heterocycles. The van der Waals surface area contributed by atoms with Crippen LogP contribution in [0.4, 0.5) is 0 Å². The molecule has 0 fully saturated rings. The van der Waals surface area contributed by atoms with E-state index in [9.17, 15) is 4.79 Å². The van der Waals surface area contributed by atoms with Gasteiger partial charge in [-0.25, -0.2) is 0 Å². The molecule has 3 unspecified atom stereocenters. The van der Waals surface area contributed by atoms with E-state index in [2.05, 4.69) is 80.5 Å². The summed E-state index contributed by atoms with van der Waals surface area (Å²) in [6.45, 7) is 21.1. The summed E-state index contributed by atoms with van der Waals surface area (Å²) in [6.07, 6.45) is 9.47. The van der Waals surface area contributed by atoms with Crippen molar-refractivity contribution >= 4 is 38.3 Å². The van der Waals surface area contributed by atoms with Crippen LogP contribution < -0.4 is 14.8 Å². The van der Waals surface area contributed by atoms with Crippen molar-refractivity contribution in [1.29, 1.82) is 0 Å². The molecule has 0 aromatic heterocycles. The molecule has 3 nitrogen and oxygen atoms in total. The van der Waals surface area contributed by atoms with E-state index in [1.54, 1.807) is 0 Å². The molecule has 0 saturated heterocycles. The Bertz CT molecular complexity index is 1020. The van der Waals surface area contributed by atoms with Gasteiger partial charge in [-0.05, 0) is 81.3 Å². The standard InChI is InChI=1S/C35H55O3P.Li.H/c1-10-14-16-27(12-3)23-37-30-18-19-32(31(22-30)38-24-28(13-4)17-15-11-2)39-34(36)33-25(5)20-29(21-26(33)6)35(7,8)9;;/h18-22,27-28,39H,10-17,23-24H2,1-9H3;;. The SMILES string of the molecule is CCCCC(CC)COc1ccc(PC(=O)c2c(C)cc(C(C)(C)C)cc2C)c(OCC(CC)CCCC)c1.[LiH]. The maximum absolute atomic E-state index is 13.7. The Labute approximate surface area is 259 Å². The Morgan fingerprint density at radius 1 is 0.825 bits per heavy atom. The van der Waals surface area contributed by atoms with Gasteiger partial charge in [0.25, 0.3) is 0 Å². The van der Waals surface area contributed by atoms with Crippen LogP contribution in [0.2, 0.25) is 0 Å². The average molecular weight is 563 g/mol. The van der Waals surface area contributed by atoms with E-state index in [1.807, 2.05) is 12.1 Å². The number of unbranched alkanes of at least 4 members (excludes halogenated alkanes) is 2. The van der Waals surface area contributed by atoms with Crippen molar-refractivity contribution < 1.29 is 14.3 Å². The molecule has 40 heavy (non-hydrogen) atoms. The number of aryl methyl sites for hydroxylation is 2. The van der Waals surface area contributed by atoms with Crippen LogP contribution in [-0.4, -0.2) is 37.6 Å². The first kappa shape index (κ1) is 36.8. The minimum atomic E-state index is 0. The normalized spacial score (nSPS) is 13.2. The first-order chi connectivity index (χ1) is 18.5. The number of ether oxygens (including phenoxy) is 2. The summed E-state index contributed by atoms with van der Waals surface area (Å²) in [5, 5.41) is 0.967. The van der Waals surface area contributed by atoms with Crippen LogP contribution in [0.25, 0.3) is 0 Å². The Hall–Kier alpha value is -1.26. The molecule has 2 aromatic carbocycles.